The van der Waals surface area contributed by atoms with Crippen molar-refractivity contribution in [1.29, 1.82) is 0 Å². The van der Waals surface area contributed by atoms with Gasteiger partial charge in [-0.05, 0) is 47.2 Å². The molecule has 0 amide bonds. The summed E-state index contributed by atoms with van der Waals surface area (Å²) in [6.07, 6.45) is 3.76. The van der Waals surface area contributed by atoms with Crippen molar-refractivity contribution in [2.45, 2.75) is 0 Å². The van der Waals surface area contributed by atoms with Crippen molar-refractivity contribution in [3.05, 3.63) is 71.7 Å². The zero-order valence-corrected chi connectivity index (χ0v) is 16.7. The monoisotopic (exact) mass is 408 g/mol. The van der Waals surface area contributed by atoms with Gasteiger partial charge in [0.05, 0.1) is 33.5 Å². The number of hydrogen-bond donors (Lipinski definition) is 0. The molecule has 0 saturated carbocycles. The molecule has 126 valence electrons. The molecule has 0 spiro atoms. The van der Waals surface area contributed by atoms with Crippen molar-refractivity contribution in [3.8, 4) is 40.7 Å². The highest BCUT2D eigenvalue weighted by molar-refractivity contribution is 7.23. The van der Waals surface area contributed by atoms with E-state index in [1.807, 2.05) is 12.4 Å². The Bertz CT molecular complexity index is 1030. The molecule has 0 aliphatic carbocycles. The molecule has 2 nitrogen and oxygen atoms in total. The molecule has 0 aliphatic rings. The Morgan fingerprint density at radius 3 is 1.35 bits per heavy atom. The summed E-state index contributed by atoms with van der Waals surface area (Å²) in [6, 6.07) is 17.0. The lowest BCUT2D eigenvalue weighted by atomic mass is 10.3. The van der Waals surface area contributed by atoms with E-state index in [2.05, 4.69) is 69.3 Å². The lowest BCUT2D eigenvalue weighted by Gasteiger charge is -1.99. The van der Waals surface area contributed by atoms with E-state index in [0.717, 1.165) is 21.1 Å². The van der Waals surface area contributed by atoms with Gasteiger partial charge in [-0.3, -0.25) is 9.97 Å². The molecule has 0 N–H and O–H groups in total. The maximum Gasteiger partial charge on any atom is 0.0985 e. The van der Waals surface area contributed by atoms with Crippen molar-refractivity contribution in [3.63, 3.8) is 0 Å². The molecule has 0 saturated heterocycles. The fraction of sp³-hybridized carbons (Fsp3) is 0. The Labute approximate surface area is 167 Å². The van der Waals surface area contributed by atoms with Crippen LogP contribution in [-0.4, -0.2) is 9.97 Å². The van der Waals surface area contributed by atoms with Gasteiger partial charge in [-0.15, -0.1) is 45.3 Å². The van der Waals surface area contributed by atoms with E-state index in [9.17, 15) is 0 Å². The van der Waals surface area contributed by atoms with E-state index < -0.39 is 0 Å². The second kappa shape index (κ2) is 6.89. The molecule has 5 heterocycles. The van der Waals surface area contributed by atoms with Crippen molar-refractivity contribution in [2.75, 3.05) is 0 Å². The predicted octanol–water partition coefficient (Wildman–Crippen LogP) is 7.39. The fourth-order valence-electron chi connectivity index (χ4n) is 2.64. The Hall–Kier alpha value is -2.12. The first-order valence-corrected chi connectivity index (χ1v) is 11.4. The second-order valence-electron chi connectivity index (χ2n) is 5.57. The molecule has 6 heteroatoms. The van der Waals surface area contributed by atoms with E-state index >= 15 is 0 Å². The molecule has 0 aliphatic heterocycles. The number of hydrogen-bond acceptors (Lipinski definition) is 6. The average molecular weight is 409 g/mol. The molecule has 0 atom stereocenters. The minimum Gasteiger partial charge on any atom is -0.251 e. The van der Waals surface area contributed by atoms with Gasteiger partial charge < -0.3 is 0 Å². The molecular formula is C20H12N2S4. The van der Waals surface area contributed by atoms with Crippen LogP contribution in [0.5, 0.6) is 0 Å². The number of rotatable bonds is 4. The van der Waals surface area contributed by atoms with Crippen LogP contribution in [0.3, 0.4) is 0 Å². The third kappa shape index (κ3) is 3.05. The van der Waals surface area contributed by atoms with Gasteiger partial charge in [0.2, 0.25) is 0 Å². The summed E-state index contributed by atoms with van der Waals surface area (Å²) in [7, 11) is 0. The van der Waals surface area contributed by atoms with Crippen LogP contribution in [-0.2, 0) is 0 Å². The molecular weight excluding hydrogens is 397 g/mol. The van der Waals surface area contributed by atoms with E-state index in [4.69, 9.17) is 0 Å². The highest BCUT2D eigenvalue weighted by atomic mass is 32.1. The first-order valence-electron chi connectivity index (χ1n) is 7.97. The second-order valence-corrected chi connectivity index (χ2v) is 9.63. The van der Waals surface area contributed by atoms with Gasteiger partial charge in [0, 0.05) is 19.5 Å². The third-order valence-corrected chi connectivity index (χ3v) is 8.24. The van der Waals surface area contributed by atoms with Crippen molar-refractivity contribution in [1.82, 2.24) is 9.97 Å². The van der Waals surface area contributed by atoms with Gasteiger partial charge in [-0.1, -0.05) is 12.1 Å². The average Bonchev–Trinajstić information content (AvgIpc) is 3.49. The molecule has 0 aromatic carbocycles. The lowest BCUT2D eigenvalue weighted by molar-refractivity contribution is 1.22. The quantitative estimate of drug-likeness (QED) is 0.310. The molecule has 0 bridgehead atoms. The maximum absolute atomic E-state index is 4.65. The first-order chi connectivity index (χ1) is 12.9. The van der Waals surface area contributed by atoms with Crippen LogP contribution in [0.15, 0.2) is 71.7 Å². The topological polar surface area (TPSA) is 25.8 Å². The van der Waals surface area contributed by atoms with Gasteiger partial charge in [0.1, 0.15) is 0 Å². The Morgan fingerprint density at radius 1 is 0.500 bits per heavy atom. The highest BCUT2D eigenvalue weighted by Gasteiger charge is 2.10. The predicted molar refractivity (Wildman–Crippen MR) is 115 cm³/mol. The minimum atomic E-state index is 0.927. The van der Waals surface area contributed by atoms with E-state index in [1.54, 1.807) is 45.3 Å². The lowest BCUT2D eigenvalue weighted by Crippen LogP contribution is -1.85. The molecule has 5 rings (SSSR count). The van der Waals surface area contributed by atoms with Crippen molar-refractivity contribution in [2.24, 2.45) is 0 Å². The normalized spacial score (nSPS) is 11.1. The summed E-state index contributed by atoms with van der Waals surface area (Å²) in [5.41, 5.74) is 1.85. The Morgan fingerprint density at radius 2 is 0.962 bits per heavy atom. The Balaban J connectivity index is 1.41. The summed E-state index contributed by atoms with van der Waals surface area (Å²) < 4.78 is 0. The number of thiophene rings is 4. The number of nitrogens with zero attached hydrogens (tertiary/aromatic N) is 2. The van der Waals surface area contributed by atoms with Crippen LogP contribution in [0.25, 0.3) is 40.7 Å². The van der Waals surface area contributed by atoms with Crippen LogP contribution in [0.2, 0.25) is 0 Å². The van der Waals surface area contributed by atoms with Crippen LogP contribution in [0, 0.1) is 0 Å². The molecule has 0 fully saturated rings. The van der Waals surface area contributed by atoms with Crippen LogP contribution in [0.4, 0.5) is 0 Å². The van der Waals surface area contributed by atoms with Crippen LogP contribution >= 0.6 is 45.3 Å². The van der Waals surface area contributed by atoms with Gasteiger partial charge in [0.15, 0.2) is 0 Å². The van der Waals surface area contributed by atoms with Crippen LogP contribution < -0.4 is 0 Å². The SMILES string of the molecule is c1csc(-c2ccc(-c3cnc(-c4ccc(-c5cccs5)s4)cn3)s2)c1. The molecule has 5 aromatic heterocycles. The fourth-order valence-corrected chi connectivity index (χ4v) is 6.24. The third-order valence-electron chi connectivity index (χ3n) is 3.90. The molecule has 26 heavy (non-hydrogen) atoms. The maximum atomic E-state index is 4.65. The molecule has 0 radical (unpaired) electrons. The zero-order chi connectivity index (χ0) is 17.3. The van der Waals surface area contributed by atoms with Gasteiger partial charge in [0.25, 0.3) is 0 Å². The van der Waals surface area contributed by atoms with Gasteiger partial charge in [-0.2, -0.15) is 0 Å². The van der Waals surface area contributed by atoms with Crippen LogP contribution in [0.1, 0.15) is 0 Å². The summed E-state index contributed by atoms with van der Waals surface area (Å²) in [6.45, 7) is 0. The van der Waals surface area contributed by atoms with Crippen molar-refractivity contribution >= 4 is 45.3 Å². The summed E-state index contributed by atoms with van der Waals surface area (Å²) in [5.74, 6) is 0. The summed E-state index contributed by atoms with van der Waals surface area (Å²) in [4.78, 5) is 16.8. The zero-order valence-electron chi connectivity index (χ0n) is 13.5. The van der Waals surface area contributed by atoms with Crippen molar-refractivity contribution < 1.29 is 0 Å². The molecule has 5 aromatic rings. The highest BCUT2D eigenvalue weighted by Crippen LogP contribution is 2.37. The largest absolute Gasteiger partial charge is 0.251 e. The van der Waals surface area contributed by atoms with E-state index in [0.29, 0.717) is 0 Å². The summed E-state index contributed by atoms with van der Waals surface area (Å²) >= 11 is 7.04. The molecule has 0 unspecified atom stereocenters. The van der Waals surface area contributed by atoms with E-state index in [1.165, 1.54) is 19.5 Å². The van der Waals surface area contributed by atoms with Gasteiger partial charge >= 0.3 is 0 Å². The smallest absolute Gasteiger partial charge is 0.0985 e. The van der Waals surface area contributed by atoms with Gasteiger partial charge in [-0.25, -0.2) is 0 Å². The first kappa shape index (κ1) is 16.1. The Kier molecular flexibility index (Phi) is 4.26. The number of aromatic nitrogens is 2. The van der Waals surface area contributed by atoms with E-state index in [-0.39, 0.29) is 0 Å². The standard InChI is InChI=1S/C20H12N2S4/c1-3-17(23-9-1)19-7-5-15(25-19)13-11-22-14(12-21-13)16-6-8-20(26-16)18-4-2-10-24-18/h1-12H. The minimum absolute atomic E-state index is 0.927. The summed E-state index contributed by atoms with van der Waals surface area (Å²) in [5, 5.41) is 4.21.